The Bertz CT molecular complexity index is 1130. The van der Waals surface area contributed by atoms with Crippen molar-refractivity contribution in [1.82, 2.24) is 15.1 Å². The van der Waals surface area contributed by atoms with Crippen LogP contribution in [0.25, 0.3) is 10.8 Å². The van der Waals surface area contributed by atoms with Crippen LogP contribution in [0.2, 0.25) is 0 Å². The second kappa shape index (κ2) is 7.87. The minimum atomic E-state index is -0.284. The van der Waals surface area contributed by atoms with Crippen LogP contribution in [-0.2, 0) is 22.7 Å². The van der Waals surface area contributed by atoms with Crippen molar-refractivity contribution in [2.24, 2.45) is 0 Å². The first-order valence-electron chi connectivity index (χ1n) is 9.65. The number of carbonyl (C=O) groups is 2. The summed E-state index contributed by atoms with van der Waals surface area (Å²) in [6, 6.07) is 14.8. The van der Waals surface area contributed by atoms with Gasteiger partial charge in [0.1, 0.15) is 6.54 Å². The minimum Gasteiger partial charge on any atom is -0.350 e. The summed E-state index contributed by atoms with van der Waals surface area (Å²) in [7, 11) is 0. The largest absolute Gasteiger partial charge is 0.350 e. The molecule has 0 aliphatic carbocycles. The molecule has 0 unspecified atom stereocenters. The SMILES string of the molecule is Cc1nn(CC(=O)NCc2ccc(N3CCCC3=O)cc2)c(=O)c2ccccc12. The minimum absolute atomic E-state index is 0.134. The Morgan fingerprint density at radius 1 is 1.07 bits per heavy atom. The second-order valence-corrected chi connectivity index (χ2v) is 7.19. The van der Waals surface area contributed by atoms with Crippen molar-refractivity contribution in [3.63, 3.8) is 0 Å². The topological polar surface area (TPSA) is 84.3 Å². The summed E-state index contributed by atoms with van der Waals surface area (Å²) in [5.74, 6) is -0.136. The van der Waals surface area contributed by atoms with Gasteiger partial charge in [0.15, 0.2) is 0 Å². The molecule has 0 bridgehead atoms. The lowest BCUT2D eigenvalue weighted by Gasteiger charge is -2.16. The second-order valence-electron chi connectivity index (χ2n) is 7.19. The molecule has 1 saturated heterocycles. The van der Waals surface area contributed by atoms with Gasteiger partial charge in [0.2, 0.25) is 11.8 Å². The van der Waals surface area contributed by atoms with Crippen molar-refractivity contribution in [1.29, 1.82) is 0 Å². The Morgan fingerprint density at radius 3 is 2.48 bits per heavy atom. The van der Waals surface area contributed by atoms with Crippen LogP contribution in [0.1, 0.15) is 24.1 Å². The molecule has 4 rings (SSSR count). The van der Waals surface area contributed by atoms with E-state index in [0.29, 0.717) is 24.0 Å². The van der Waals surface area contributed by atoms with Gasteiger partial charge in [-0.05, 0) is 37.1 Å². The summed E-state index contributed by atoms with van der Waals surface area (Å²) in [6.45, 7) is 2.78. The molecule has 3 aromatic rings. The fraction of sp³-hybridized carbons (Fsp3) is 0.273. The number of anilines is 1. The normalized spacial score (nSPS) is 13.8. The molecule has 0 radical (unpaired) electrons. The van der Waals surface area contributed by atoms with Crippen LogP contribution in [0.5, 0.6) is 0 Å². The number of amides is 2. The van der Waals surface area contributed by atoms with Crippen molar-refractivity contribution in [2.75, 3.05) is 11.4 Å². The summed E-state index contributed by atoms with van der Waals surface area (Å²) < 4.78 is 1.20. The molecule has 0 saturated carbocycles. The molecule has 1 aliphatic rings. The zero-order chi connectivity index (χ0) is 20.4. The molecule has 1 aromatic heterocycles. The highest BCUT2D eigenvalue weighted by Gasteiger charge is 2.21. The Labute approximate surface area is 167 Å². The molecule has 29 heavy (non-hydrogen) atoms. The van der Waals surface area contributed by atoms with E-state index in [1.807, 2.05) is 43.3 Å². The third-order valence-corrected chi connectivity index (χ3v) is 5.16. The number of aromatic nitrogens is 2. The lowest BCUT2D eigenvalue weighted by atomic mass is 10.1. The smallest absolute Gasteiger partial charge is 0.275 e. The third-order valence-electron chi connectivity index (χ3n) is 5.16. The van der Waals surface area contributed by atoms with Crippen molar-refractivity contribution in [3.05, 3.63) is 70.1 Å². The molecule has 0 spiro atoms. The van der Waals surface area contributed by atoms with Gasteiger partial charge in [0.25, 0.3) is 5.56 Å². The number of benzene rings is 2. The van der Waals surface area contributed by atoms with Crippen LogP contribution in [0.4, 0.5) is 5.69 Å². The van der Waals surface area contributed by atoms with E-state index < -0.39 is 0 Å². The summed E-state index contributed by atoms with van der Waals surface area (Å²) in [6.07, 6.45) is 1.48. The van der Waals surface area contributed by atoms with E-state index in [1.54, 1.807) is 17.0 Å². The van der Waals surface area contributed by atoms with Crippen molar-refractivity contribution < 1.29 is 9.59 Å². The molecule has 1 N–H and O–H groups in total. The van der Waals surface area contributed by atoms with E-state index in [9.17, 15) is 14.4 Å². The monoisotopic (exact) mass is 390 g/mol. The Hall–Kier alpha value is -3.48. The highest BCUT2D eigenvalue weighted by Crippen LogP contribution is 2.21. The van der Waals surface area contributed by atoms with Gasteiger partial charge in [0, 0.05) is 30.6 Å². The molecule has 2 amide bonds. The molecule has 7 nitrogen and oxygen atoms in total. The van der Waals surface area contributed by atoms with Crippen LogP contribution >= 0.6 is 0 Å². The molecule has 1 fully saturated rings. The van der Waals surface area contributed by atoms with Crippen LogP contribution in [0, 0.1) is 6.92 Å². The molecule has 2 aromatic carbocycles. The van der Waals surface area contributed by atoms with Gasteiger partial charge in [0.05, 0.1) is 11.1 Å². The maximum Gasteiger partial charge on any atom is 0.275 e. The molecule has 2 heterocycles. The fourth-order valence-corrected chi connectivity index (χ4v) is 3.62. The highest BCUT2D eigenvalue weighted by molar-refractivity contribution is 5.95. The zero-order valence-corrected chi connectivity index (χ0v) is 16.2. The fourth-order valence-electron chi connectivity index (χ4n) is 3.62. The lowest BCUT2D eigenvalue weighted by Crippen LogP contribution is -2.33. The van der Waals surface area contributed by atoms with Crippen molar-refractivity contribution >= 4 is 28.3 Å². The van der Waals surface area contributed by atoms with Crippen LogP contribution in [0.3, 0.4) is 0 Å². The molecule has 7 heteroatoms. The van der Waals surface area contributed by atoms with E-state index >= 15 is 0 Å². The summed E-state index contributed by atoms with van der Waals surface area (Å²) in [5, 5.41) is 8.44. The number of aryl methyl sites for hydroxylation is 1. The maximum atomic E-state index is 12.6. The number of hydrogen-bond acceptors (Lipinski definition) is 4. The van der Waals surface area contributed by atoms with Crippen LogP contribution < -0.4 is 15.8 Å². The first kappa shape index (κ1) is 18.9. The first-order valence-corrected chi connectivity index (χ1v) is 9.65. The molecular weight excluding hydrogens is 368 g/mol. The zero-order valence-electron chi connectivity index (χ0n) is 16.2. The number of hydrogen-bond donors (Lipinski definition) is 1. The Balaban J connectivity index is 1.40. The molecule has 0 atom stereocenters. The van der Waals surface area contributed by atoms with Crippen LogP contribution in [0.15, 0.2) is 53.3 Å². The average molecular weight is 390 g/mol. The van der Waals surface area contributed by atoms with Gasteiger partial charge in [-0.1, -0.05) is 30.3 Å². The van der Waals surface area contributed by atoms with Gasteiger partial charge in [-0.3, -0.25) is 14.4 Å². The summed E-state index contributed by atoms with van der Waals surface area (Å²) in [4.78, 5) is 38.5. The van der Waals surface area contributed by atoms with Gasteiger partial charge >= 0.3 is 0 Å². The average Bonchev–Trinajstić information content (AvgIpc) is 3.16. The lowest BCUT2D eigenvalue weighted by molar-refractivity contribution is -0.122. The summed E-state index contributed by atoms with van der Waals surface area (Å²) >= 11 is 0. The molecule has 1 aliphatic heterocycles. The predicted octanol–water partition coefficient (Wildman–Crippen LogP) is 2.15. The first-order chi connectivity index (χ1) is 14.0. The van der Waals surface area contributed by atoms with Gasteiger partial charge in [-0.25, -0.2) is 4.68 Å². The number of rotatable bonds is 5. The van der Waals surface area contributed by atoms with E-state index in [2.05, 4.69) is 10.4 Å². The van der Waals surface area contributed by atoms with Crippen molar-refractivity contribution in [3.8, 4) is 0 Å². The molecular formula is C22H22N4O3. The van der Waals surface area contributed by atoms with Crippen molar-refractivity contribution in [2.45, 2.75) is 32.9 Å². The number of nitrogens with one attached hydrogen (secondary N) is 1. The number of carbonyl (C=O) groups excluding carboxylic acids is 2. The summed E-state index contributed by atoms with van der Waals surface area (Å²) in [5.41, 5.74) is 2.23. The number of fused-ring (bicyclic) bond motifs is 1. The van der Waals surface area contributed by atoms with Gasteiger partial charge < -0.3 is 10.2 Å². The van der Waals surface area contributed by atoms with E-state index in [1.165, 1.54) is 4.68 Å². The third kappa shape index (κ3) is 3.89. The molecule has 148 valence electrons. The number of nitrogens with zero attached hydrogens (tertiary/aromatic N) is 3. The van der Waals surface area contributed by atoms with E-state index in [4.69, 9.17) is 0 Å². The Kier molecular flexibility index (Phi) is 5.12. The van der Waals surface area contributed by atoms with Crippen LogP contribution in [-0.4, -0.2) is 28.1 Å². The Morgan fingerprint density at radius 2 is 1.79 bits per heavy atom. The highest BCUT2D eigenvalue weighted by atomic mass is 16.2. The maximum absolute atomic E-state index is 12.6. The van der Waals surface area contributed by atoms with Gasteiger partial charge in [-0.2, -0.15) is 5.10 Å². The van der Waals surface area contributed by atoms with E-state index in [0.717, 1.165) is 29.6 Å². The standard InChI is InChI=1S/C22H22N4O3/c1-15-18-5-2-3-6-19(18)22(29)26(24-15)14-20(27)23-13-16-8-10-17(11-9-16)25-12-4-7-21(25)28/h2-3,5-6,8-11H,4,7,12-14H2,1H3,(H,23,27). The quantitative estimate of drug-likeness (QED) is 0.723. The van der Waals surface area contributed by atoms with E-state index in [-0.39, 0.29) is 23.9 Å². The van der Waals surface area contributed by atoms with Gasteiger partial charge in [-0.15, -0.1) is 0 Å². The predicted molar refractivity (Wildman–Crippen MR) is 111 cm³/mol.